The number of rotatable bonds is 6. The summed E-state index contributed by atoms with van der Waals surface area (Å²) in [6.07, 6.45) is 0. The molecule has 398 valence electrons. The van der Waals surface area contributed by atoms with Crippen molar-refractivity contribution in [2.75, 3.05) is 14.7 Å². The van der Waals surface area contributed by atoms with Gasteiger partial charge in [0.2, 0.25) is 0 Å². The molecule has 0 unspecified atom stereocenters. The molecule has 0 amide bonds. The van der Waals surface area contributed by atoms with Crippen molar-refractivity contribution >= 4 is 103 Å². The van der Waals surface area contributed by atoms with Gasteiger partial charge in [0.05, 0.1) is 35.3 Å². The number of anilines is 9. The van der Waals surface area contributed by atoms with Gasteiger partial charge in [0.15, 0.2) is 5.69 Å². The van der Waals surface area contributed by atoms with E-state index in [9.17, 15) is 5.26 Å². The van der Waals surface area contributed by atoms with Crippen LogP contribution in [0.15, 0.2) is 237 Å². The Bertz CT molecular complexity index is 4610. The number of hydrogen-bond donors (Lipinski definition) is 0. The van der Waals surface area contributed by atoms with Crippen LogP contribution in [0.1, 0.15) is 58.2 Å². The van der Waals surface area contributed by atoms with Crippen LogP contribution in [0.2, 0.25) is 0 Å². The predicted octanol–water partition coefficient (Wildman–Crippen LogP) is 16.2. The van der Waals surface area contributed by atoms with Crippen molar-refractivity contribution in [3.63, 3.8) is 0 Å². The van der Waals surface area contributed by atoms with Gasteiger partial charge in [-0.3, -0.25) is 0 Å². The van der Waals surface area contributed by atoms with E-state index in [-0.39, 0.29) is 24.3 Å². The predicted molar refractivity (Wildman–Crippen MR) is 351 cm³/mol. The van der Waals surface area contributed by atoms with Crippen LogP contribution in [0.25, 0.3) is 38.2 Å². The van der Waals surface area contributed by atoms with Crippen LogP contribution >= 0.6 is 0 Å². The summed E-state index contributed by atoms with van der Waals surface area (Å²) in [5, 5.41) is 10.6. The summed E-state index contributed by atoms with van der Waals surface area (Å²) in [6.45, 7) is 21.5. The van der Waals surface area contributed by atoms with Crippen molar-refractivity contribution in [1.82, 2.24) is 0 Å². The molecule has 15 rings (SSSR count). The van der Waals surface area contributed by atoms with Crippen molar-refractivity contribution in [3.05, 3.63) is 265 Å². The second kappa shape index (κ2) is 19.2. The summed E-state index contributed by atoms with van der Waals surface area (Å²) in [5.74, 6) is 1.63. The van der Waals surface area contributed by atoms with Gasteiger partial charge in [-0.2, -0.15) is 5.26 Å². The zero-order valence-corrected chi connectivity index (χ0v) is 47.8. The lowest BCUT2D eigenvalue weighted by molar-refractivity contribution is 0.483. The van der Waals surface area contributed by atoms with Gasteiger partial charge in [-0.1, -0.05) is 199 Å². The molecule has 0 spiro atoms. The number of fused-ring (bicyclic) bond motifs is 8. The van der Waals surface area contributed by atoms with E-state index in [1.54, 1.807) is 0 Å². The second-order valence-electron chi connectivity index (χ2n) is 24.6. The SMILES string of the molecule is [C-]#[N+]c1ccc(N2c3ccccc3B3c4cc5c(cc4Oc4cc(C(C)(C)C)cc2c43)N(c2ccc(C#N)cc2-c2ccccc2)c2cc(C(C)(C)C)cc3c2B5c2ccccc2N3c2ccccc2-c2ccccc2)c(-c2ccccc2)c1. The highest BCUT2D eigenvalue weighted by molar-refractivity contribution is 7.02. The lowest BCUT2D eigenvalue weighted by Crippen LogP contribution is -2.64. The molecule has 0 aliphatic carbocycles. The first-order chi connectivity index (χ1) is 40.9. The maximum Gasteiger partial charge on any atom is 0.256 e. The fourth-order valence-corrected chi connectivity index (χ4v) is 13.6. The van der Waals surface area contributed by atoms with Crippen LogP contribution in [0.5, 0.6) is 11.5 Å². The average Bonchev–Trinajstić information content (AvgIpc) is 0.792. The van der Waals surface area contributed by atoms with E-state index >= 15 is 0 Å². The third-order valence-corrected chi connectivity index (χ3v) is 17.6. The number of para-hydroxylation sites is 3. The van der Waals surface area contributed by atoms with Gasteiger partial charge >= 0.3 is 0 Å². The first-order valence-corrected chi connectivity index (χ1v) is 29.0. The number of nitriles is 1. The van der Waals surface area contributed by atoms with E-state index < -0.39 is 0 Å². The zero-order chi connectivity index (χ0) is 57.2. The molecule has 0 atom stereocenters. The molecule has 4 aliphatic heterocycles. The number of nitrogens with zero attached hydrogens (tertiary/aromatic N) is 5. The van der Waals surface area contributed by atoms with Crippen molar-refractivity contribution < 1.29 is 4.74 Å². The van der Waals surface area contributed by atoms with E-state index in [4.69, 9.17) is 11.3 Å². The van der Waals surface area contributed by atoms with Gasteiger partial charge in [-0.25, -0.2) is 4.85 Å². The molecule has 84 heavy (non-hydrogen) atoms. The molecule has 0 saturated carbocycles. The minimum atomic E-state index is -0.254. The highest BCUT2D eigenvalue weighted by Gasteiger charge is 2.49. The minimum Gasteiger partial charge on any atom is -0.458 e. The van der Waals surface area contributed by atoms with Crippen LogP contribution in [-0.4, -0.2) is 13.4 Å². The molecule has 0 radical (unpaired) electrons. The third-order valence-electron chi connectivity index (χ3n) is 17.6. The number of ether oxygens (including phenoxy) is 1. The number of benzene rings is 11. The van der Waals surface area contributed by atoms with Crippen LogP contribution in [0.3, 0.4) is 0 Å². The molecule has 0 saturated heterocycles. The molecule has 0 N–H and O–H groups in total. The lowest BCUT2D eigenvalue weighted by Gasteiger charge is -2.46. The molecule has 0 bridgehead atoms. The quantitative estimate of drug-likeness (QED) is 0.123. The first-order valence-electron chi connectivity index (χ1n) is 29.0. The first kappa shape index (κ1) is 50.7. The smallest absolute Gasteiger partial charge is 0.256 e. The number of hydrogen-bond acceptors (Lipinski definition) is 5. The standard InChI is InChI=1S/C76H57B2N5O/c1-75(2,3)52-40-68-73-69(41-52)83(63-37-35-48(47-79)39-56(63)50-25-13-9-14-26-50)67-46-71-61(45-60(67)77(73)58-30-18-21-33-65(58)81(68)62-32-20-17-29-55(62)49-23-11-8-12-24-49)78-59-31-19-22-34-66(59)82(70-42-53(76(4,5)6)43-72(84-71)74(70)78)64-38-36-54(80-7)44-57(64)51-27-15-10-16-28-51/h8-46H,1-6H3. The largest absolute Gasteiger partial charge is 0.458 e. The molecular weight excluding hydrogens is 1020 g/mol. The highest BCUT2D eigenvalue weighted by atomic mass is 16.5. The molecule has 8 heteroatoms. The van der Waals surface area contributed by atoms with Gasteiger partial charge in [-0.05, 0) is 150 Å². The van der Waals surface area contributed by atoms with Crippen molar-refractivity contribution in [3.8, 4) is 50.9 Å². The Morgan fingerprint density at radius 2 is 0.833 bits per heavy atom. The fourth-order valence-electron chi connectivity index (χ4n) is 13.6. The molecule has 4 heterocycles. The van der Waals surface area contributed by atoms with E-state index in [1.807, 2.05) is 24.3 Å². The molecule has 4 aliphatic rings. The van der Waals surface area contributed by atoms with E-state index in [1.165, 1.54) is 27.4 Å². The van der Waals surface area contributed by atoms with Gasteiger partial charge in [0, 0.05) is 51.3 Å². The highest BCUT2D eigenvalue weighted by Crippen LogP contribution is 2.52. The van der Waals surface area contributed by atoms with E-state index in [0.717, 1.165) is 113 Å². The Labute approximate surface area is 493 Å². The summed E-state index contributed by atoms with van der Waals surface area (Å²) < 4.78 is 7.64. The molecule has 11 aromatic rings. The maximum atomic E-state index is 10.6. The third kappa shape index (κ3) is 7.93. The summed E-state index contributed by atoms with van der Waals surface area (Å²) in [6, 6.07) is 87.6. The maximum absolute atomic E-state index is 10.6. The Hall–Kier alpha value is -10.3. The molecule has 6 nitrogen and oxygen atoms in total. The molecule has 11 aromatic carbocycles. The average molecular weight is 1080 g/mol. The fraction of sp³-hybridized carbons (Fsp3) is 0.105. The zero-order valence-electron chi connectivity index (χ0n) is 47.8. The van der Waals surface area contributed by atoms with Crippen molar-refractivity contribution in [2.45, 2.75) is 52.4 Å². The van der Waals surface area contributed by atoms with Crippen molar-refractivity contribution in [1.29, 1.82) is 5.26 Å². The second-order valence-corrected chi connectivity index (χ2v) is 24.6. The van der Waals surface area contributed by atoms with Crippen LogP contribution in [0, 0.1) is 17.9 Å². The monoisotopic (exact) mass is 1080 g/mol. The minimum absolute atomic E-state index is 0.204. The Morgan fingerprint density at radius 3 is 1.39 bits per heavy atom. The van der Waals surface area contributed by atoms with Crippen LogP contribution in [0.4, 0.5) is 56.9 Å². The van der Waals surface area contributed by atoms with Gasteiger partial charge < -0.3 is 19.4 Å². The van der Waals surface area contributed by atoms with Crippen LogP contribution in [-0.2, 0) is 10.8 Å². The summed E-state index contributed by atoms with van der Waals surface area (Å²) in [5.41, 5.74) is 25.8. The van der Waals surface area contributed by atoms with Gasteiger partial charge in [0.1, 0.15) is 11.5 Å². The van der Waals surface area contributed by atoms with Gasteiger partial charge in [-0.15, -0.1) is 0 Å². The lowest BCUT2D eigenvalue weighted by atomic mass is 9.30. The normalized spacial score (nSPS) is 13.3. The molecular formula is C76H57B2N5O. The molecule has 0 aromatic heterocycles. The summed E-state index contributed by atoms with van der Waals surface area (Å²) in [4.78, 5) is 11.4. The van der Waals surface area contributed by atoms with Gasteiger partial charge in [0.25, 0.3) is 13.4 Å². The van der Waals surface area contributed by atoms with E-state index in [2.05, 4.69) is 279 Å². The Balaban J connectivity index is 1.04. The van der Waals surface area contributed by atoms with Crippen LogP contribution < -0.4 is 52.2 Å². The Kier molecular flexibility index (Phi) is 11.6. The van der Waals surface area contributed by atoms with Crippen molar-refractivity contribution in [2.24, 2.45) is 0 Å². The molecule has 0 fully saturated rings. The Morgan fingerprint density at radius 1 is 0.381 bits per heavy atom. The summed E-state index contributed by atoms with van der Waals surface area (Å²) in [7, 11) is 0. The summed E-state index contributed by atoms with van der Waals surface area (Å²) >= 11 is 0. The van der Waals surface area contributed by atoms with E-state index in [0.29, 0.717) is 11.3 Å². The topological polar surface area (TPSA) is 47.1 Å².